The lowest BCUT2D eigenvalue weighted by Crippen LogP contribution is -2.01. The van der Waals surface area contributed by atoms with Crippen LogP contribution < -0.4 is 0 Å². The number of benzene rings is 1. The Labute approximate surface area is 109 Å². The molecule has 1 unspecified atom stereocenters. The SMILES string of the molecule is CC(O)c1cn(Cc2c(Cl)cccc2Cl)nn1. The van der Waals surface area contributed by atoms with Crippen LogP contribution in [0.1, 0.15) is 24.3 Å². The van der Waals surface area contributed by atoms with Gasteiger partial charge < -0.3 is 5.11 Å². The van der Waals surface area contributed by atoms with Crippen molar-refractivity contribution in [2.45, 2.75) is 19.6 Å². The largest absolute Gasteiger partial charge is 0.387 e. The molecule has 0 spiro atoms. The van der Waals surface area contributed by atoms with Gasteiger partial charge in [-0.25, -0.2) is 4.68 Å². The van der Waals surface area contributed by atoms with Crippen molar-refractivity contribution in [1.82, 2.24) is 15.0 Å². The molecule has 0 aliphatic rings. The lowest BCUT2D eigenvalue weighted by Gasteiger charge is -2.05. The maximum absolute atomic E-state index is 9.34. The monoisotopic (exact) mass is 271 g/mol. The molecule has 90 valence electrons. The summed E-state index contributed by atoms with van der Waals surface area (Å²) in [5.41, 5.74) is 1.31. The molecule has 0 amide bonds. The number of hydrogen-bond acceptors (Lipinski definition) is 3. The van der Waals surface area contributed by atoms with Gasteiger partial charge in [-0.2, -0.15) is 0 Å². The van der Waals surface area contributed by atoms with E-state index in [2.05, 4.69) is 10.3 Å². The lowest BCUT2D eigenvalue weighted by molar-refractivity contribution is 0.194. The lowest BCUT2D eigenvalue weighted by atomic mass is 10.2. The summed E-state index contributed by atoms with van der Waals surface area (Å²) < 4.78 is 1.59. The number of hydrogen-bond donors (Lipinski definition) is 1. The van der Waals surface area contributed by atoms with E-state index in [1.165, 1.54) is 0 Å². The molecule has 17 heavy (non-hydrogen) atoms. The zero-order valence-electron chi connectivity index (χ0n) is 9.14. The molecule has 1 heterocycles. The number of halogens is 2. The second kappa shape index (κ2) is 5.04. The molecule has 0 aliphatic carbocycles. The van der Waals surface area contributed by atoms with E-state index in [1.54, 1.807) is 36.0 Å². The highest BCUT2D eigenvalue weighted by Gasteiger charge is 2.10. The molecular weight excluding hydrogens is 261 g/mol. The minimum Gasteiger partial charge on any atom is -0.387 e. The Morgan fingerprint density at radius 1 is 1.35 bits per heavy atom. The average molecular weight is 272 g/mol. The number of nitrogens with zero attached hydrogens (tertiary/aromatic N) is 3. The Kier molecular flexibility index (Phi) is 3.66. The van der Waals surface area contributed by atoms with Crippen LogP contribution in [0.3, 0.4) is 0 Å². The maximum atomic E-state index is 9.34. The molecule has 1 atom stereocenters. The molecule has 0 saturated heterocycles. The first-order chi connectivity index (χ1) is 8.08. The van der Waals surface area contributed by atoms with E-state index >= 15 is 0 Å². The molecule has 1 aromatic heterocycles. The average Bonchev–Trinajstić information content (AvgIpc) is 2.72. The van der Waals surface area contributed by atoms with Gasteiger partial charge >= 0.3 is 0 Å². The topological polar surface area (TPSA) is 50.9 Å². The molecule has 0 fully saturated rings. The molecule has 0 radical (unpaired) electrons. The standard InChI is InChI=1S/C11H11Cl2N3O/c1-7(17)11-6-16(15-14-11)5-8-9(12)3-2-4-10(8)13/h2-4,6-7,17H,5H2,1H3. The molecule has 0 aliphatic heterocycles. The summed E-state index contributed by atoms with van der Waals surface area (Å²) in [7, 11) is 0. The fourth-order valence-corrected chi connectivity index (χ4v) is 1.94. The van der Waals surface area contributed by atoms with Crippen LogP contribution in [-0.4, -0.2) is 20.1 Å². The van der Waals surface area contributed by atoms with E-state index < -0.39 is 6.10 Å². The smallest absolute Gasteiger partial charge is 0.111 e. The molecule has 6 heteroatoms. The van der Waals surface area contributed by atoms with Crippen molar-refractivity contribution in [3.8, 4) is 0 Å². The third kappa shape index (κ3) is 2.77. The predicted molar refractivity (Wildman–Crippen MR) is 66.2 cm³/mol. The van der Waals surface area contributed by atoms with Crippen LogP contribution in [0.4, 0.5) is 0 Å². The van der Waals surface area contributed by atoms with Crippen molar-refractivity contribution in [2.75, 3.05) is 0 Å². The second-order valence-corrected chi connectivity index (χ2v) is 4.53. The Morgan fingerprint density at radius 2 is 2.00 bits per heavy atom. The predicted octanol–water partition coefficient (Wildman–Crippen LogP) is 2.69. The van der Waals surface area contributed by atoms with Crippen LogP contribution in [-0.2, 0) is 6.54 Å². The summed E-state index contributed by atoms with van der Waals surface area (Å²) in [4.78, 5) is 0. The van der Waals surface area contributed by atoms with E-state index in [9.17, 15) is 5.11 Å². The second-order valence-electron chi connectivity index (χ2n) is 3.72. The van der Waals surface area contributed by atoms with Crippen molar-refractivity contribution in [1.29, 1.82) is 0 Å². The van der Waals surface area contributed by atoms with Gasteiger partial charge in [-0.1, -0.05) is 34.5 Å². The fourth-order valence-electron chi connectivity index (χ4n) is 1.43. The summed E-state index contributed by atoms with van der Waals surface area (Å²) in [5, 5.41) is 18.3. The maximum Gasteiger partial charge on any atom is 0.111 e. The number of aliphatic hydroxyl groups excluding tert-OH is 1. The van der Waals surface area contributed by atoms with Crippen LogP contribution in [0, 0.1) is 0 Å². The highest BCUT2D eigenvalue weighted by molar-refractivity contribution is 6.35. The van der Waals surface area contributed by atoms with Gasteiger partial charge in [-0.3, -0.25) is 0 Å². The first kappa shape index (κ1) is 12.4. The van der Waals surface area contributed by atoms with Crippen LogP contribution in [0.2, 0.25) is 10.0 Å². The minimum atomic E-state index is -0.634. The normalized spacial score (nSPS) is 12.7. The molecule has 2 aromatic rings. The third-order valence-electron chi connectivity index (χ3n) is 2.37. The van der Waals surface area contributed by atoms with Crippen LogP contribution in [0.15, 0.2) is 24.4 Å². The Bertz CT molecular complexity index is 505. The summed E-state index contributed by atoms with van der Waals surface area (Å²) >= 11 is 12.1. The summed E-state index contributed by atoms with van der Waals surface area (Å²) in [5.74, 6) is 0. The van der Waals surface area contributed by atoms with Crippen LogP contribution >= 0.6 is 23.2 Å². The van der Waals surface area contributed by atoms with Crippen molar-refractivity contribution < 1.29 is 5.11 Å². The van der Waals surface area contributed by atoms with Gasteiger partial charge in [0, 0.05) is 15.6 Å². The molecular formula is C11H11Cl2N3O. The quantitative estimate of drug-likeness (QED) is 0.934. The van der Waals surface area contributed by atoms with Gasteiger partial charge in [0.2, 0.25) is 0 Å². The first-order valence-corrected chi connectivity index (χ1v) is 5.84. The van der Waals surface area contributed by atoms with Crippen molar-refractivity contribution in [3.63, 3.8) is 0 Å². The zero-order valence-corrected chi connectivity index (χ0v) is 10.7. The van der Waals surface area contributed by atoms with E-state index in [-0.39, 0.29) is 0 Å². The van der Waals surface area contributed by atoms with E-state index in [1.807, 2.05) is 0 Å². The third-order valence-corrected chi connectivity index (χ3v) is 3.07. The van der Waals surface area contributed by atoms with Gasteiger partial charge in [0.15, 0.2) is 0 Å². The van der Waals surface area contributed by atoms with Gasteiger partial charge in [-0.05, 0) is 19.1 Å². The fraction of sp³-hybridized carbons (Fsp3) is 0.273. The molecule has 2 rings (SSSR count). The van der Waals surface area contributed by atoms with Crippen molar-refractivity contribution in [3.05, 3.63) is 45.7 Å². The van der Waals surface area contributed by atoms with E-state index in [0.29, 0.717) is 22.3 Å². The summed E-state index contributed by atoms with van der Waals surface area (Å²) in [6, 6.07) is 5.33. The van der Waals surface area contributed by atoms with Gasteiger partial charge in [0.1, 0.15) is 5.69 Å². The van der Waals surface area contributed by atoms with E-state index in [4.69, 9.17) is 23.2 Å². The minimum absolute atomic E-state index is 0.429. The zero-order chi connectivity index (χ0) is 12.4. The number of aliphatic hydroxyl groups is 1. The number of rotatable bonds is 3. The Hall–Kier alpha value is -1.10. The van der Waals surface area contributed by atoms with Crippen LogP contribution in [0.5, 0.6) is 0 Å². The van der Waals surface area contributed by atoms with Gasteiger partial charge in [0.25, 0.3) is 0 Å². The Balaban J connectivity index is 2.25. The van der Waals surface area contributed by atoms with E-state index in [0.717, 1.165) is 5.56 Å². The van der Waals surface area contributed by atoms with Gasteiger partial charge in [0.05, 0.1) is 18.8 Å². The summed E-state index contributed by atoms with van der Waals surface area (Å²) in [6.45, 7) is 2.06. The first-order valence-electron chi connectivity index (χ1n) is 5.09. The highest BCUT2D eigenvalue weighted by atomic mass is 35.5. The number of aromatic nitrogens is 3. The molecule has 1 N–H and O–H groups in total. The Morgan fingerprint density at radius 3 is 2.53 bits per heavy atom. The highest BCUT2D eigenvalue weighted by Crippen LogP contribution is 2.25. The van der Waals surface area contributed by atoms with Gasteiger partial charge in [-0.15, -0.1) is 5.10 Å². The molecule has 1 aromatic carbocycles. The molecule has 0 bridgehead atoms. The molecule has 4 nitrogen and oxygen atoms in total. The van der Waals surface area contributed by atoms with Crippen molar-refractivity contribution in [2.24, 2.45) is 0 Å². The van der Waals surface area contributed by atoms with Crippen molar-refractivity contribution >= 4 is 23.2 Å². The van der Waals surface area contributed by atoms with Crippen LogP contribution in [0.25, 0.3) is 0 Å². The summed E-state index contributed by atoms with van der Waals surface area (Å²) in [6.07, 6.45) is 1.04. The molecule has 0 saturated carbocycles.